The van der Waals surface area contributed by atoms with Crippen LogP contribution >= 0.6 is 0 Å². The Hall–Kier alpha value is -2.88. The van der Waals surface area contributed by atoms with Crippen LogP contribution < -0.4 is 0 Å². The summed E-state index contributed by atoms with van der Waals surface area (Å²) in [6, 6.07) is 18.9. The first-order chi connectivity index (χ1) is 13.2. The molecule has 4 heteroatoms. The molecule has 27 heavy (non-hydrogen) atoms. The third-order valence-electron chi connectivity index (χ3n) is 4.68. The van der Waals surface area contributed by atoms with E-state index in [1.807, 2.05) is 72.8 Å². The highest BCUT2D eigenvalue weighted by molar-refractivity contribution is 5.95. The maximum atomic E-state index is 12.7. The van der Waals surface area contributed by atoms with Crippen molar-refractivity contribution in [3.63, 3.8) is 0 Å². The molecule has 2 aromatic carbocycles. The first-order valence-electron chi connectivity index (χ1n) is 9.32. The standard InChI is InChI=1S/C23H24O4/c24-22(26-16-18-10-4-1-5-11-18)21(20-14-8-3-9-15-20)23(25)27-17-19-12-6-2-7-13-19/h1-2,4-8,10-14,20-21H,3,9,15-17H2/t20-/m0/s1. The van der Waals surface area contributed by atoms with Crippen molar-refractivity contribution in [2.75, 3.05) is 0 Å². The Labute approximate surface area is 159 Å². The fourth-order valence-corrected chi connectivity index (χ4v) is 3.20. The second-order valence-electron chi connectivity index (χ2n) is 6.69. The molecule has 0 saturated heterocycles. The Morgan fingerprint density at radius 2 is 1.37 bits per heavy atom. The minimum Gasteiger partial charge on any atom is -0.460 e. The van der Waals surface area contributed by atoms with E-state index in [2.05, 4.69) is 0 Å². The number of carbonyl (C=O) groups is 2. The topological polar surface area (TPSA) is 52.6 Å². The van der Waals surface area contributed by atoms with Gasteiger partial charge in [0.25, 0.3) is 0 Å². The summed E-state index contributed by atoms with van der Waals surface area (Å²) < 4.78 is 10.9. The van der Waals surface area contributed by atoms with Gasteiger partial charge in [-0.1, -0.05) is 72.8 Å². The third kappa shape index (κ3) is 5.55. The molecular weight excluding hydrogens is 340 g/mol. The Balaban J connectivity index is 1.65. The van der Waals surface area contributed by atoms with Crippen molar-refractivity contribution in [3.05, 3.63) is 83.9 Å². The van der Waals surface area contributed by atoms with Crippen molar-refractivity contribution < 1.29 is 19.1 Å². The van der Waals surface area contributed by atoms with E-state index in [-0.39, 0.29) is 19.1 Å². The zero-order valence-corrected chi connectivity index (χ0v) is 15.3. The van der Waals surface area contributed by atoms with Gasteiger partial charge in [0.2, 0.25) is 0 Å². The van der Waals surface area contributed by atoms with Crippen LogP contribution in [-0.4, -0.2) is 11.9 Å². The molecule has 0 aliphatic heterocycles. The summed E-state index contributed by atoms with van der Waals surface area (Å²) in [5, 5.41) is 0. The molecule has 0 bridgehead atoms. The van der Waals surface area contributed by atoms with Gasteiger partial charge in [-0.3, -0.25) is 9.59 Å². The number of hydrogen-bond acceptors (Lipinski definition) is 4. The summed E-state index contributed by atoms with van der Waals surface area (Å²) in [5.74, 6) is -2.14. The Bertz CT molecular complexity index is 712. The molecule has 0 heterocycles. The summed E-state index contributed by atoms with van der Waals surface area (Å²) in [7, 11) is 0. The van der Waals surface area contributed by atoms with Gasteiger partial charge in [-0.05, 0) is 30.4 Å². The average molecular weight is 364 g/mol. The van der Waals surface area contributed by atoms with E-state index in [1.165, 1.54) is 0 Å². The van der Waals surface area contributed by atoms with E-state index in [0.29, 0.717) is 0 Å². The number of rotatable bonds is 7. The summed E-state index contributed by atoms with van der Waals surface area (Å²) in [5.41, 5.74) is 1.78. The molecule has 140 valence electrons. The third-order valence-corrected chi connectivity index (χ3v) is 4.68. The molecule has 0 unspecified atom stereocenters. The molecule has 0 fully saturated rings. The fourth-order valence-electron chi connectivity index (χ4n) is 3.20. The maximum Gasteiger partial charge on any atom is 0.321 e. The van der Waals surface area contributed by atoms with Gasteiger partial charge in [0.1, 0.15) is 13.2 Å². The number of ether oxygens (including phenoxy) is 2. The Morgan fingerprint density at radius 1 is 0.852 bits per heavy atom. The highest BCUT2D eigenvalue weighted by atomic mass is 16.6. The minimum atomic E-state index is -0.922. The largest absolute Gasteiger partial charge is 0.460 e. The molecule has 0 saturated carbocycles. The molecule has 0 amide bonds. The van der Waals surface area contributed by atoms with Crippen LogP contribution in [0.15, 0.2) is 72.8 Å². The second kappa shape index (κ2) is 9.72. The van der Waals surface area contributed by atoms with Crippen molar-refractivity contribution in [2.45, 2.75) is 32.5 Å². The van der Waals surface area contributed by atoms with Gasteiger partial charge in [-0.25, -0.2) is 0 Å². The monoisotopic (exact) mass is 364 g/mol. The van der Waals surface area contributed by atoms with Crippen LogP contribution in [0.3, 0.4) is 0 Å². The number of esters is 2. The van der Waals surface area contributed by atoms with Crippen LogP contribution in [-0.2, 0) is 32.3 Å². The molecule has 0 radical (unpaired) electrons. The minimum absolute atomic E-state index is 0.151. The van der Waals surface area contributed by atoms with Gasteiger partial charge < -0.3 is 9.47 Å². The molecule has 2 aromatic rings. The molecule has 0 spiro atoms. The van der Waals surface area contributed by atoms with E-state index in [1.54, 1.807) is 0 Å². The fraction of sp³-hybridized carbons (Fsp3) is 0.304. The van der Waals surface area contributed by atoms with Gasteiger partial charge in [0.15, 0.2) is 5.92 Å². The number of hydrogen-bond donors (Lipinski definition) is 0. The first kappa shape index (κ1) is 18.9. The van der Waals surface area contributed by atoms with E-state index in [0.717, 1.165) is 30.4 Å². The molecule has 0 N–H and O–H groups in total. The quantitative estimate of drug-likeness (QED) is 0.414. The van der Waals surface area contributed by atoms with Crippen LogP contribution in [0.5, 0.6) is 0 Å². The highest BCUT2D eigenvalue weighted by Gasteiger charge is 2.36. The van der Waals surface area contributed by atoms with E-state index < -0.39 is 17.9 Å². The zero-order valence-electron chi connectivity index (χ0n) is 15.3. The lowest BCUT2D eigenvalue weighted by atomic mass is 9.84. The second-order valence-corrected chi connectivity index (χ2v) is 6.69. The summed E-state index contributed by atoms with van der Waals surface area (Å²) in [6.45, 7) is 0.303. The van der Waals surface area contributed by atoms with Gasteiger partial charge in [0, 0.05) is 5.92 Å². The van der Waals surface area contributed by atoms with Crippen molar-refractivity contribution in [3.8, 4) is 0 Å². The maximum absolute atomic E-state index is 12.7. The molecular formula is C23H24O4. The predicted octanol–water partition coefficient (Wildman–Crippen LogP) is 4.45. The number of benzene rings is 2. The molecule has 3 rings (SSSR count). The van der Waals surface area contributed by atoms with Crippen LogP contribution in [0.1, 0.15) is 30.4 Å². The van der Waals surface area contributed by atoms with E-state index in [4.69, 9.17) is 9.47 Å². The first-order valence-corrected chi connectivity index (χ1v) is 9.32. The lowest BCUT2D eigenvalue weighted by molar-refractivity contribution is -0.166. The molecule has 0 aromatic heterocycles. The highest BCUT2D eigenvalue weighted by Crippen LogP contribution is 2.27. The molecule has 1 aliphatic rings. The summed E-state index contributed by atoms with van der Waals surface area (Å²) in [6.07, 6.45) is 6.68. The van der Waals surface area contributed by atoms with Gasteiger partial charge in [-0.2, -0.15) is 0 Å². The predicted molar refractivity (Wildman–Crippen MR) is 102 cm³/mol. The van der Waals surface area contributed by atoms with Crippen LogP contribution in [0, 0.1) is 11.8 Å². The lowest BCUT2D eigenvalue weighted by Gasteiger charge is -2.24. The van der Waals surface area contributed by atoms with Crippen LogP contribution in [0.4, 0.5) is 0 Å². The van der Waals surface area contributed by atoms with E-state index in [9.17, 15) is 9.59 Å². The van der Waals surface area contributed by atoms with E-state index >= 15 is 0 Å². The van der Waals surface area contributed by atoms with Crippen molar-refractivity contribution in [1.82, 2.24) is 0 Å². The van der Waals surface area contributed by atoms with Crippen LogP contribution in [0.2, 0.25) is 0 Å². The summed E-state index contributed by atoms with van der Waals surface area (Å²) >= 11 is 0. The van der Waals surface area contributed by atoms with Crippen molar-refractivity contribution in [2.24, 2.45) is 11.8 Å². The smallest absolute Gasteiger partial charge is 0.321 e. The Morgan fingerprint density at radius 3 is 1.81 bits per heavy atom. The number of allylic oxidation sites excluding steroid dienone is 2. The van der Waals surface area contributed by atoms with Crippen molar-refractivity contribution >= 4 is 11.9 Å². The average Bonchev–Trinajstić information content (AvgIpc) is 2.73. The zero-order chi connectivity index (χ0) is 18.9. The van der Waals surface area contributed by atoms with Crippen molar-refractivity contribution in [1.29, 1.82) is 0 Å². The molecule has 1 atom stereocenters. The Kier molecular flexibility index (Phi) is 6.80. The number of carbonyl (C=O) groups excluding carboxylic acids is 2. The van der Waals surface area contributed by atoms with Gasteiger partial charge >= 0.3 is 11.9 Å². The van der Waals surface area contributed by atoms with Gasteiger partial charge in [-0.15, -0.1) is 0 Å². The normalized spacial score (nSPS) is 16.1. The molecule has 1 aliphatic carbocycles. The van der Waals surface area contributed by atoms with Gasteiger partial charge in [0.05, 0.1) is 0 Å². The van der Waals surface area contributed by atoms with Crippen LogP contribution in [0.25, 0.3) is 0 Å². The SMILES string of the molecule is O=C(OCc1ccccc1)C(C(=O)OCc1ccccc1)[C@H]1C=CCCC1. The summed E-state index contributed by atoms with van der Waals surface area (Å²) in [4.78, 5) is 25.4. The lowest BCUT2D eigenvalue weighted by Crippen LogP contribution is -2.34. The molecule has 4 nitrogen and oxygen atoms in total.